The minimum absolute atomic E-state index is 0.0578. The fourth-order valence-corrected chi connectivity index (χ4v) is 1.62. The standard InChI is InChI=1S/C14H22N2O3/c1-10-5-6-12(13(7-10)19-4)8-15-14(18)16(3)11(2)9-17/h5-7,11,17H,8-9H2,1-4H3,(H,15,18). The van der Waals surface area contributed by atoms with Gasteiger partial charge in [0.15, 0.2) is 0 Å². The number of benzene rings is 1. The Balaban J connectivity index is 2.64. The summed E-state index contributed by atoms with van der Waals surface area (Å²) in [6, 6.07) is 5.42. The summed E-state index contributed by atoms with van der Waals surface area (Å²) in [4.78, 5) is 13.3. The number of carbonyl (C=O) groups excluding carboxylic acids is 1. The summed E-state index contributed by atoms with van der Waals surface area (Å²) in [5.74, 6) is 0.762. The Kier molecular flexibility index (Phi) is 5.63. The average molecular weight is 266 g/mol. The molecule has 0 radical (unpaired) electrons. The number of aryl methyl sites for hydroxylation is 1. The lowest BCUT2D eigenvalue weighted by Gasteiger charge is -2.23. The van der Waals surface area contributed by atoms with Crippen LogP contribution in [-0.4, -0.2) is 42.8 Å². The SMILES string of the molecule is COc1cc(C)ccc1CNC(=O)N(C)C(C)CO. The van der Waals surface area contributed by atoms with Gasteiger partial charge in [-0.15, -0.1) is 0 Å². The summed E-state index contributed by atoms with van der Waals surface area (Å²) >= 11 is 0. The maximum absolute atomic E-state index is 11.8. The number of ether oxygens (including phenoxy) is 1. The number of methoxy groups -OCH3 is 1. The maximum Gasteiger partial charge on any atom is 0.317 e. The lowest BCUT2D eigenvalue weighted by Crippen LogP contribution is -2.43. The van der Waals surface area contributed by atoms with Crippen LogP contribution in [0.2, 0.25) is 0 Å². The van der Waals surface area contributed by atoms with Gasteiger partial charge in [-0.1, -0.05) is 12.1 Å². The van der Waals surface area contributed by atoms with Crippen LogP contribution in [0.15, 0.2) is 18.2 Å². The van der Waals surface area contributed by atoms with Crippen molar-refractivity contribution in [1.29, 1.82) is 0 Å². The molecule has 2 N–H and O–H groups in total. The predicted molar refractivity (Wildman–Crippen MR) is 74.3 cm³/mol. The first-order valence-corrected chi connectivity index (χ1v) is 6.24. The number of amides is 2. The number of urea groups is 1. The van der Waals surface area contributed by atoms with Gasteiger partial charge in [0.25, 0.3) is 0 Å². The van der Waals surface area contributed by atoms with Crippen molar-refractivity contribution in [3.8, 4) is 5.75 Å². The second kappa shape index (κ2) is 6.99. The Bertz CT molecular complexity index is 435. The number of likely N-dealkylation sites (N-methyl/N-ethyl adjacent to an activating group) is 1. The highest BCUT2D eigenvalue weighted by atomic mass is 16.5. The molecule has 0 fully saturated rings. The molecule has 1 unspecified atom stereocenters. The van der Waals surface area contributed by atoms with Crippen molar-refractivity contribution >= 4 is 6.03 Å². The van der Waals surface area contributed by atoms with Gasteiger partial charge in [0, 0.05) is 19.2 Å². The molecule has 2 amide bonds. The van der Waals surface area contributed by atoms with Gasteiger partial charge in [0.05, 0.1) is 19.8 Å². The molecule has 0 aliphatic carbocycles. The van der Waals surface area contributed by atoms with Crippen molar-refractivity contribution in [3.05, 3.63) is 29.3 Å². The maximum atomic E-state index is 11.8. The van der Waals surface area contributed by atoms with Gasteiger partial charge in [-0.05, 0) is 25.5 Å². The molecule has 0 saturated heterocycles. The van der Waals surface area contributed by atoms with E-state index >= 15 is 0 Å². The first-order chi connectivity index (χ1) is 8.99. The highest BCUT2D eigenvalue weighted by Crippen LogP contribution is 2.19. The van der Waals surface area contributed by atoms with Crippen LogP contribution in [0.5, 0.6) is 5.75 Å². The van der Waals surface area contributed by atoms with Gasteiger partial charge >= 0.3 is 6.03 Å². The van der Waals surface area contributed by atoms with Crippen molar-refractivity contribution in [3.63, 3.8) is 0 Å². The molecule has 1 atom stereocenters. The summed E-state index contributed by atoms with van der Waals surface area (Å²) in [6.45, 7) is 4.11. The number of aliphatic hydroxyl groups is 1. The monoisotopic (exact) mass is 266 g/mol. The van der Waals surface area contributed by atoms with Gasteiger partial charge in [0.1, 0.15) is 5.75 Å². The number of aliphatic hydroxyl groups excluding tert-OH is 1. The van der Waals surface area contributed by atoms with E-state index in [1.165, 1.54) is 4.90 Å². The number of hydrogen-bond donors (Lipinski definition) is 2. The fraction of sp³-hybridized carbons (Fsp3) is 0.500. The third-order valence-corrected chi connectivity index (χ3v) is 3.12. The molecule has 1 aromatic rings. The van der Waals surface area contributed by atoms with Crippen LogP contribution in [0.3, 0.4) is 0 Å². The van der Waals surface area contributed by atoms with Crippen molar-refractivity contribution in [2.24, 2.45) is 0 Å². The molecule has 0 aromatic heterocycles. The zero-order valence-corrected chi connectivity index (χ0v) is 11.9. The van der Waals surface area contributed by atoms with E-state index in [1.54, 1.807) is 21.1 Å². The number of hydrogen-bond acceptors (Lipinski definition) is 3. The van der Waals surface area contributed by atoms with Crippen LogP contribution >= 0.6 is 0 Å². The smallest absolute Gasteiger partial charge is 0.317 e. The molecule has 0 bridgehead atoms. The van der Waals surface area contributed by atoms with Crippen LogP contribution in [0, 0.1) is 6.92 Å². The molecule has 0 aliphatic rings. The Morgan fingerprint density at radius 1 is 1.53 bits per heavy atom. The van der Waals surface area contributed by atoms with Crippen LogP contribution < -0.4 is 10.1 Å². The molecule has 5 nitrogen and oxygen atoms in total. The van der Waals surface area contributed by atoms with Crippen molar-refractivity contribution in [1.82, 2.24) is 10.2 Å². The van der Waals surface area contributed by atoms with Crippen LogP contribution in [0.25, 0.3) is 0 Å². The van der Waals surface area contributed by atoms with Crippen LogP contribution in [0.1, 0.15) is 18.1 Å². The fourth-order valence-electron chi connectivity index (χ4n) is 1.62. The lowest BCUT2D eigenvalue weighted by atomic mass is 10.1. The van der Waals surface area contributed by atoms with Crippen molar-refractivity contribution in [2.75, 3.05) is 20.8 Å². The average Bonchev–Trinajstić information content (AvgIpc) is 2.43. The summed E-state index contributed by atoms with van der Waals surface area (Å²) in [6.07, 6.45) is 0. The summed E-state index contributed by atoms with van der Waals surface area (Å²) in [5, 5.41) is 11.8. The zero-order chi connectivity index (χ0) is 14.4. The van der Waals surface area contributed by atoms with E-state index in [-0.39, 0.29) is 18.7 Å². The Morgan fingerprint density at radius 3 is 2.79 bits per heavy atom. The molecule has 106 valence electrons. The molecular weight excluding hydrogens is 244 g/mol. The van der Waals surface area contributed by atoms with E-state index in [1.807, 2.05) is 25.1 Å². The second-order valence-electron chi connectivity index (χ2n) is 4.62. The molecule has 1 rings (SSSR count). The predicted octanol–water partition coefficient (Wildman–Crippen LogP) is 1.53. The lowest BCUT2D eigenvalue weighted by molar-refractivity contribution is 0.157. The van der Waals surface area contributed by atoms with Gasteiger partial charge in [0.2, 0.25) is 0 Å². The Labute approximate surface area is 114 Å². The number of carbonyl (C=O) groups is 1. The van der Waals surface area contributed by atoms with E-state index in [2.05, 4.69) is 5.32 Å². The number of nitrogens with one attached hydrogen (secondary N) is 1. The number of nitrogens with zero attached hydrogens (tertiary/aromatic N) is 1. The van der Waals surface area contributed by atoms with E-state index in [4.69, 9.17) is 9.84 Å². The van der Waals surface area contributed by atoms with Gasteiger partial charge in [-0.25, -0.2) is 4.79 Å². The Morgan fingerprint density at radius 2 is 2.21 bits per heavy atom. The Hall–Kier alpha value is -1.75. The quantitative estimate of drug-likeness (QED) is 0.849. The minimum atomic E-state index is -0.218. The molecule has 1 aromatic carbocycles. The zero-order valence-electron chi connectivity index (χ0n) is 11.9. The van der Waals surface area contributed by atoms with Gasteiger partial charge in [-0.3, -0.25) is 0 Å². The van der Waals surface area contributed by atoms with E-state index in [0.29, 0.717) is 6.54 Å². The molecule has 19 heavy (non-hydrogen) atoms. The van der Waals surface area contributed by atoms with E-state index in [0.717, 1.165) is 16.9 Å². The first kappa shape index (κ1) is 15.3. The van der Waals surface area contributed by atoms with E-state index in [9.17, 15) is 4.79 Å². The van der Waals surface area contributed by atoms with Gasteiger partial charge < -0.3 is 20.1 Å². The van der Waals surface area contributed by atoms with Gasteiger partial charge in [-0.2, -0.15) is 0 Å². The normalized spacial score (nSPS) is 11.8. The first-order valence-electron chi connectivity index (χ1n) is 6.24. The summed E-state index contributed by atoms with van der Waals surface area (Å²) in [7, 11) is 3.27. The summed E-state index contributed by atoms with van der Waals surface area (Å²) < 4.78 is 5.28. The van der Waals surface area contributed by atoms with Crippen molar-refractivity contribution in [2.45, 2.75) is 26.4 Å². The third kappa shape index (κ3) is 4.13. The van der Waals surface area contributed by atoms with E-state index < -0.39 is 0 Å². The third-order valence-electron chi connectivity index (χ3n) is 3.12. The van der Waals surface area contributed by atoms with Crippen molar-refractivity contribution < 1.29 is 14.6 Å². The molecule has 0 aliphatic heterocycles. The minimum Gasteiger partial charge on any atom is -0.496 e. The number of rotatable bonds is 5. The topological polar surface area (TPSA) is 61.8 Å². The highest BCUT2D eigenvalue weighted by Gasteiger charge is 2.14. The molecular formula is C14H22N2O3. The largest absolute Gasteiger partial charge is 0.496 e. The molecule has 0 heterocycles. The second-order valence-corrected chi connectivity index (χ2v) is 4.62. The molecule has 0 spiro atoms. The molecule has 0 saturated carbocycles. The molecule has 5 heteroatoms. The van der Waals surface area contributed by atoms with Crippen LogP contribution in [0.4, 0.5) is 4.79 Å². The highest BCUT2D eigenvalue weighted by molar-refractivity contribution is 5.74. The summed E-state index contributed by atoms with van der Waals surface area (Å²) in [5.41, 5.74) is 2.03. The van der Waals surface area contributed by atoms with Crippen LogP contribution in [-0.2, 0) is 6.54 Å².